The van der Waals surface area contributed by atoms with Crippen LogP contribution in [-0.2, 0) is 23.5 Å². The predicted octanol–water partition coefficient (Wildman–Crippen LogP) is 2.29. The van der Waals surface area contributed by atoms with Crippen molar-refractivity contribution < 1.29 is 23.5 Å². The van der Waals surface area contributed by atoms with Gasteiger partial charge in [0.1, 0.15) is 49.7 Å². The zero-order valence-electron chi connectivity index (χ0n) is 19.9. The van der Waals surface area contributed by atoms with Gasteiger partial charge in [-0.15, -0.1) is 0 Å². The van der Waals surface area contributed by atoms with Gasteiger partial charge >= 0.3 is 0 Å². The van der Waals surface area contributed by atoms with Crippen molar-refractivity contribution in [1.29, 1.82) is 0 Å². The smallest absolute Gasteiger partial charge is 0.246 e. The Bertz CT molecular complexity index is 1250. The fourth-order valence-corrected chi connectivity index (χ4v) is 3.85. The van der Waals surface area contributed by atoms with Crippen molar-refractivity contribution in [2.24, 2.45) is 10.2 Å². The maximum absolute atomic E-state index is 12.0. The molecular weight excluding hydrogens is 505 g/mol. The molecule has 17 heteroatoms. The van der Waals surface area contributed by atoms with Gasteiger partial charge in [-0.3, -0.25) is 4.79 Å². The van der Waals surface area contributed by atoms with Gasteiger partial charge in [-0.25, -0.2) is 9.97 Å². The van der Waals surface area contributed by atoms with Gasteiger partial charge < -0.3 is 34.4 Å². The number of nitrogen functional groups attached to an aromatic ring is 1. The van der Waals surface area contributed by atoms with Gasteiger partial charge in [0, 0.05) is 31.9 Å². The molecule has 0 saturated carbocycles. The van der Waals surface area contributed by atoms with Gasteiger partial charge in [0.25, 0.3) is 0 Å². The number of amides is 1. The monoisotopic (exact) mass is 531 g/mol. The Morgan fingerprint density at radius 1 is 1.46 bits per heavy atom. The van der Waals surface area contributed by atoms with E-state index in [2.05, 4.69) is 56.6 Å². The molecule has 2 aromatic rings. The number of rotatable bonds is 12. The molecule has 0 aliphatic carbocycles. The molecule has 1 amide bonds. The second-order valence-corrected chi connectivity index (χ2v) is 7.96. The molecule has 0 spiro atoms. The molecule has 16 nitrogen and oxygen atoms in total. The second kappa shape index (κ2) is 14.2. The summed E-state index contributed by atoms with van der Waals surface area (Å²) in [4.78, 5) is 25.8. The average Bonchev–Trinajstić information content (AvgIpc) is 3.47. The minimum Gasteiger partial charge on any atom is -0.383 e. The quantitative estimate of drug-likeness (QED) is 0.136. The Kier molecular flexibility index (Phi) is 10.7. The number of fused-ring (bicyclic) bond motifs is 1. The summed E-state index contributed by atoms with van der Waals surface area (Å²) < 4.78 is 24.0. The first-order valence-electron chi connectivity index (χ1n) is 11.1. The number of carbonyl (C=O) groups is 1. The van der Waals surface area contributed by atoms with E-state index in [0.717, 1.165) is 0 Å². The predicted molar refractivity (Wildman–Crippen MR) is 134 cm³/mol. The number of aromatic nitrogens is 3. The summed E-state index contributed by atoms with van der Waals surface area (Å²) in [6, 6.07) is 0. The highest BCUT2D eigenvalue weighted by atomic mass is 31.0. The summed E-state index contributed by atoms with van der Waals surface area (Å²) in [5.41, 5.74) is 24.2. The first-order valence-corrected chi connectivity index (χ1v) is 11.6. The van der Waals surface area contributed by atoms with Crippen molar-refractivity contribution in [1.82, 2.24) is 19.9 Å². The van der Waals surface area contributed by atoms with Gasteiger partial charge in [-0.05, 0) is 17.5 Å². The summed E-state index contributed by atoms with van der Waals surface area (Å²) in [5, 5.41) is 10.0. The van der Waals surface area contributed by atoms with Gasteiger partial charge in [-0.1, -0.05) is 29.0 Å². The van der Waals surface area contributed by atoms with Crippen LogP contribution in [0.15, 0.2) is 22.8 Å². The standard InChI is InChI=1S/C20H26N11O5P/c1-2-16(28-30-23)33-9-15(32)24-5-3-4-12-7-31(20-18(12)19(21)25-10-26-20)17-6-13(34-11-27-29-22)14(36-17)8-35-37/h7,10,13-14,16-17H,2,5-6,8-9,11,37H2,1H3,(H,24,32)(H2,21,25,26). The van der Waals surface area contributed by atoms with E-state index in [1.54, 1.807) is 17.7 Å². The molecule has 3 heterocycles. The van der Waals surface area contributed by atoms with E-state index < -0.39 is 24.5 Å². The number of hydrogen-bond donors (Lipinski definition) is 2. The highest BCUT2D eigenvalue weighted by Crippen LogP contribution is 2.35. The first kappa shape index (κ1) is 27.9. The van der Waals surface area contributed by atoms with Crippen molar-refractivity contribution in [2.45, 2.75) is 44.4 Å². The fraction of sp³-hybridized carbons (Fsp3) is 0.550. The van der Waals surface area contributed by atoms with E-state index in [4.69, 9.17) is 35.5 Å². The Balaban J connectivity index is 1.73. The number of nitrogens with two attached hydrogens (primary N) is 1. The van der Waals surface area contributed by atoms with Crippen LogP contribution in [0.1, 0.15) is 31.6 Å². The Labute approximate surface area is 213 Å². The topological polar surface area (TPSA) is 220 Å². The maximum Gasteiger partial charge on any atom is 0.246 e. The SMILES string of the molecule is CCC(N=[N+]=[N-])OCC(=O)NCC#Cc1cn(C2CC(OCN=[N+]=[N-])C(COP)O2)c2ncnc(N)c12. The molecule has 0 radical (unpaired) electrons. The van der Waals surface area contributed by atoms with E-state index >= 15 is 0 Å². The molecule has 1 aliphatic heterocycles. The van der Waals surface area contributed by atoms with Crippen LogP contribution in [0, 0.1) is 11.8 Å². The summed E-state index contributed by atoms with van der Waals surface area (Å²) in [7, 11) is 2.17. The third-order valence-electron chi connectivity index (χ3n) is 5.33. The summed E-state index contributed by atoms with van der Waals surface area (Å²) in [6.45, 7) is 1.67. The number of anilines is 1. The van der Waals surface area contributed by atoms with E-state index in [1.807, 2.05) is 0 Å². The minimum absolute atomic E-state index is 0.0452. The number of hydrogen-bond acceptors (Lipinski definition) is 10. The largest absolute Gasteiger partial charge is 0.383 e. The molecule has 5 atom stereocenters. The van der Waals surface area contributed by atoms with Crippen LogP contribution in [0.2, 0.25) is 0 Å². The molecule has 3 rings (SSSR count). The molecule has 1 aliphatic rings. The highest BCUT2D eigenvalue weighted by molar-refractivity contribution is 7.09. The molecular formula is C20H26N11O5P. The molecule has 37 heavy (non-hydrogen) atoms. The molecule has 0 bridgehead atoms. The van der Waals surface area contributed by atoms with Crippen molar-refractivity contribution >= 4 is 32.2 Å². The van der Waals surface area contributed by atoms with E-state index in [0.29, 0.717) is 29.4 Å². The van der Waals surface area contributed by atoms with Crippen molar-refractivity contribution in [3.8, 4) is 11.8 Å². The Hall–Kier alpha value is -3.66. The van der Waals surface area contributed by atoms with Crippen LogP contribution in [0.4, 0.5) is 5.82 Å². The normalized spacial score (nSPS) is 19.4. The van der Waals surface area contributed by atoms with Gasteiger partial charge in [0.15, 0.2) is 0 Å². The second-order valence-electron chi connectivity index (χ2n) is 7.63. The maximum atomic E-state index is 12.0. The lowest BCUT2D eigenvalue weighted by Gasteiger charge is -2.17. The van der Waals surface area contributed by atoms with E-state index in [-0.39, 0.29) is 38.4 Å². The molecule has 2 aromatic heterocycles. The van der Waals surface area contributed by atoms with Crippen molar-refractivity contribution in [2.75, 3.05) is 32.2 Å². The van der Waals surface area contributed by atoms with Gasteiger partial charge in [0.05, 0.1) is 30.2 Å². The van der Waals surface area contributed by atoms with Crippen LogP contribution in [-0.4, -0.2) is 65.4 Å². The first-order chi connectivity index (χ1) is 18.0. The molecule has 196 valence electrons. The average molecular weight is 531 g/mol. The molecule has 3 N–H and O–H groups in total. The molecule has 0 aromatic carbocycles. The summed E-state index contributed by atoms with van der Waals surface area (Å²) in [6.07, 6.45) is 1.99. The Morgan fingerprint density at radius 3 is 3.03 bits per heavy atom. The van der Waals surface area contributed by atoms with Crippen molar-refractivity contribution in [3.05, 3.63) is 39.0 Å². The van der Waals surface area contributed by atoms with Crippen LogP contribution < -0.4 is 11.1 Å². The lowest BCUT2D eigenvalue weighted by atomic mass is 10.2. The molecule has 5 unspecified atom stereocenters. The lowest BCUT2D eigenvalue weighted by molar-refractivity contribution is -0.127. The number of nitrogens with zero attached hydrogens (tertiary/aromatic N) is 9. The van der Waals surface area contributed by atoms with Crippen LogP contribution in [0.3, 0.4) is 0 Å². The highest BCUT2D eigenvalue weighted by Gasteiger charge is 2.38. The van der Waals surface area contributed by atoms with Gasteiger partial charge in [-0.2, -0.15) is 0 Å². The zero-order chi connectivity index (χ0) is 26.6. The third kappa shape index (κ3) is 7.42. The van der Waals surface area contributed by atoms with Crippen LogP contribution in [0.5, 0.6) is 0 Å². The van der Waals surface area contributed by atoms with E-state index in [9.17, 15) is 4.79 Å². The van der Waals surface area contributed by atoms with Crippen LogP contribution in [0.25, 0.3) is 31.9 Å². The summed E-state index contributed by atoms with van der Waals surface area (Å²) >= 11 is 0. The van der Waals surface area contributed by atoms with E-state index in [1.165, 1.54) is 6.33 Å². The minimum atomic E-state index is -0.708. The number of nitrogens with one attached hydrogen (secondary N) is 1. The lowest BCUT2D eigenvalue weighted by Crippen LogP contribution is -2.29. The number of azide groups is 2. The number of ether oxygens (including phenoxy) is 3. The zero-order valence-corrected chi connectivity index (χ0v) is 21.1. The van der Waals surface area contributed by atoms with Crippen molar-refractivity contribution in [3.63, 3.8) is 0 Å². The molecule has 1 saturated heterocycles. The van der Waals surface area contributed by atoms with Crippen LogP contribution >= 0.6 is 9.47 Å². The third-order valence-corrected chi connectivity index (χ3v) is 5.53. The van der Waals surface area contributed by atoms with Gasteiger partial charge in [0.2, 0.25) is 5.91 Å². The molecule has 1 fully saturated rings. The summed E-state index contributed by atoms with van der Waals surface area (Å²) in [5.74, 6) is 5.71. The number of carbonyl (C=O) groups excluding carboxylic acids is 1. The Morgan fingerprint density at radius 2 is 2.30 bits per heavy atom. The fourth-order valence-electron chi connectivity index (χ4n) is 3.66.